The molecule has 1 fully saturated rings. The Balaban J connectivity index is 1.50. The molecule has 1 aliphatic carbocycles. The first-order valence-electron chi connectivity index (χ1n) is 9.15. The number of benzene rings is 1. The Hall–Kier alpha value is -3.45. The van der Waals surface area contributed by atoms with E-state index < -0.39 is 23.1 Å². The maximum atomic E-state index is 12.7. The number of rotatable bonds is 5. The highest BCUT2D eigenvalue weighted by atomic mass is 35.5. The molecule has 3 aromatic rings. The number of halogens is 4. The lowest BCUT2D eigenvalue weighted by Gasteiger charge is -2.11. The number of aromatic nitrogens is 4. The van der Waals surface area contributed by atoms with Crippen molar-refractivity contribution in [2.75, 3.05) is 0 Å². The predicted octanol–water partition coefficient (Wildman–Crippen LogP) is 3.82. The van der Waals surface area contributed by atoms with Gasteiger partial charge in [0.2, 0.25) is 0 Å². The number of nitrogens with zero attached hydrogens (tertiary/aromatic N) is 5. The molecule has 0 aliphatic heterocycles. The molecule has 0 saturated heterocycles. The van der Waals surface area contributed by atoms with E-state index in [9.17, 15) is 23.2 Å². The quantitative estimate of drug-likeness (QED) is 0.642. The molecule has 2 aromatic heterocycles. The van der Waals surface area contributed by atoms with Crippen molar-refractivity contribution in [3.63, 3.8) is 0 Å². The van der Waals surface area contributed by atoms with Crippen LogP contribution in [0.25, 0.3) is 5.82 Å². The highest BCUT2D eigenvalue weighted by Gasteiger charge is 2.45. The van der Waals surface area contributed by atoms with Gasteiger partial charge in [-0.05, 0) is 48.7 Å². The molecule has 1 amide bonds. The minimum absolute atomic E-state index is 0.0488. The van der Waals surface area contributed by atoms with Crippen LogP contribution in [0.5, 0.6) is 0 Å². The van der Waals surface area contributed by atoms with Crippen molar-refractivity contribution in [1.82, 2.24) is 25.1 Å². The average molecular weight is 447 g/mol. The Labute approximate surface area is 179 Å². The van der Waals surface area contributed by atoms with Gasteiger partial charge >= 0.3 is 6.18 Å². The third kappa shape index (κ3) is 4.22. The zero-order chi connectivity index (χ0) is 22.2. The highest BCUT2D eigenvalue weighted by molar-refractivity contribution is 6.31. The van der Waals surface area contributed by atoms with Gasteiger partial charge in [0.1, 0.15) is 6.33 Å². The van der Waals surface area contributed by atoms with Crippen molar-refractivity contribution >= 4 is 17.5 Å². The number of amides is 1. The van der Waals surface area contributed by atoms with E-state index in [2.05, 4.69) is 26.5 Å². The van der Waals surface area contributed by atoms with E-state index in [-0.39, 0.29) is 18.2 Å². The Morgan fingerprint density at radius 3 is 2.65 bits per heavy atom. The summed E-state index contributed by atoms with van der Waals surface area (Å²) in [6.45, 7) is -0.0488. The fourth-order valence-corrected chi connectivity index (χ4v) is 3.34. The maximum Gasteiger partial charge on any atom is 0.417 e. The molecule has 0 atom stereocenters. The second kappa shape index (κ2) is 7.67. The van der Waals surface area contributed by atoms with Gasteiger partial charge in [-0.2, -0.15) is 28.2 Å². The number of nitrogens with one attached hydrogen (secondary N) is 1. The molecule has 1 N–H and O–H groups in total. The van der Waals surface area contributed by atoms with Crippen molar-refractivity contribution in [1.29, 1.82) is 5.26 Å². The summed E-state index contributed by atoms with van der Waals surface area (Å²) in [5.41, 5.74) is -0.477. The highest BCUT2D eigenvalue weighted by Crippen LogP contribution is 2.48. The van der Waals surface area contributed by atoms with Crippen molar-refractivity contribution < 1.29 is 18.0 Å². The van der Waals surface area contributed by atoms with E-state index in [4.69, 9.17) is 11.6 Å². The van der Waals surface area contributed by atoms with Crippen LogP contribution in [0.3, 0.4) is 0 Å². The maximum absolute atomic E-state index is 12.7. The summed E-state index contributed by atoms with van der Waals surface area (Å²) in [5.74, 6) is -0.0320. The smallest absolute Gasteiger partial charge is 0.345 e. The first-order chi connectivity index (χ1) is 14.7. The molecule has 158 valence electrons. The molecule has 0 spiro atoms. The Morgan fingerprint density at radius 1 is 1.26 bits per heavy atom. The van der Waals surface area contributed by atoms with Crippen LogP contribution in [0.1, 0.15) is 40.2 Å². The molecule has 1 aliphatic rings. The van der Waals surface area contributed by atoms with Crippen LogP contribution in [0.2, 0.25) is 5.02 Å². The Bertz CT molecular complexity index is 1180. The number of hydrogen-bond acceptors (Lipinski definition) is 5. The number of carbonyl (C=O) groups excluding carboxylic acids is 1. The van der Waals surface area contributed by atoms with E-state index in [0.29, 0.717) is 35.2 Å². The largest absolute Gasteiger partial charge is 0.417 e. The first kappa shape index (κ1) is 20.8. The second-order valence-corrected chi connectivity index (χ2v) is 7.53. The van der Waals surface area contributed by atoms with Crippen molar-refractivity contribution in [3.8, 4) is 11.9 Å². The van der Waals surface area contributed by atoms with Gasteiger partial charge in [-0.15, -0.1) is 0 Å². The Kier molecular flexibility index (Phi) is 5.15. The number of nitriles is 1. The van der Waals surface area contributed by atoms with Gasteiger partial charge in [0.05, 0.1) is 23.6 Å². The number of hydrogen-bond donors (Lipinski definition) is 1. The molecule has 4 rings (SSSR count). The van der Waals surface area contributed by atoms with Crippen LogP contribution in [0.4, 0.5) is 13.2 Å². The molecular weight excluding hydrogens is 433 g/mol. The van der Waals surface area contributed by atoms with Gasteiger partial charge in [-0.3, -0.25) is 4.79 Å². The third-order valence-corrected chi connectivity index (χ3v) is 5.21. The molecule has 2 heterocycles. The molecule has 31 heavy (non-hydrogen) atoms. The summed E-state index contributed by atoms with van der Waals surface area (Å²) in [7, 11) is 0. The summed E-state index contributed by atoms with van der Waals surface area (Å²) in [6, 6.07) is 9.14. The summed E-state index contributed by atoms with van der Waals surface area (Å²) in [5, 5.41) is 16.4. The summed E-state index contributed by atoms with van der Waals surface area (Å²) in [6.07, 6.45) is -1.15. The minimum Gasteiger partial charge on any atom is -0.345 e. The molecular formula is C20H14ClF3N6O. The summed E-state index contributed by atoms with van der Waals surface area (Å²) in [4.78, 5) is 20.4. The van der Waals surface area contributed by atoms with E-state index in [0.717, 1.165) is 6.07 Å². The van der Waals surface area contributed by atoms with Crippen LogP contribution >= 0.6 is 11.6 Å². The molecule has 1 aromatic carbocycles. The average Bonchev–Trinajstić information content (AvgIpc) is 3.41. The molecule has 0 radical (unpaired) electrons. The van der Waals surface area contributed by atoms with E-state index in [1.165, 1.54) is 23.1 Å². The summed E-state index contributed by atoms with van der Waals surface area (Å²) < 4.78 is 39.4. The monoisotopic (exact) mass is 446 g/mol. The van der Waals surface area contributed by atoms with Gasteiger partial charge in [0, 0.05) is 16.8 Å². The SMILES string of the molecule is N#CC1(c2cc(Cl)cc(C(=O)NCc3ncnn3-c3ccc(C(F)(F)F)cn3)c2)CC1. The zero-order valence-electron chi connectivity index (χ0n) is 15.8. The molecule has 0 bridgehead atoms. The van der Waals surface area contributed by atoms with E-state index in [1.807, 2.05) is 0 Å². The van der Waals surface area contributed by atoms with Crippen molar-refractivity contribution in [3.05, 3.63) is 70.4 Å². The van der Waals surface area contributed by atoms with Crippen molar-refractivity contribution in [2.45, 2.75) is 31.0 Å². The lowest BCUT2D eigenvalue weighted by atomic mass is 9.95. The fourth-order valence-electron chi connectivity index (χ4n) is 3.10. The minimum atomic E-state index is -4.49. The summed E-state index contributed by atoms with van der Waals surface area (Å²) >= 11 is 6.13. The van der Waals surface area contributed by atoms with Crippen LogP contribution in [0.15, 0.2) is 42.9 Å². The van der Waals surface area contributed by atoms with Crippen LogP contribution < -0.4 is 5.32 Å². The predicted molar refractivity (Wildman–Crippen MR) is 103 cm³/mol. The lowest BCUT2D eigenvalue weighted by molar-refractivity contribution is -0.137. The van der Waals surface area contributed by atoms with Gasteiger partial charge in [0.15, 0.2) is 11.6 Å². The molecule has 1 saturated carbocycles. The molecule has 0 unspecified atom stereocenters. The molecule has 11 heteroatoms. The van der Waals surface area contributed by atoms with Crippen LogP contribution in [-0.2, 0) is 18.1 Å². The van der Waals surface area contributed by atoms with Gasteiger partial charge < -0.3 is 5.32 Å². The van der Waals surface area contributed by atoms with E-state index >= 15 is 0 Å². The topological polar surface area (TPSA) is 96.5 Å². The van der Waals surface area contributed by atoms with Crippen LogP contribution in [0, 0.1) is 11.3 Å². The standard InChI is InChI=1S/C20H14ClF3N6O/c21-15-6-12(5-14(7-15)19(10-25)3-4-19)18(31)27-9-17-28-11-29-30(17)16-2-1-13(8-26-16)20(22,23)24/h1-2,5-8,11H,3-4,9H2,(H,27,31). The first-order valence-corrected chi connectivity index (χ1v) is 9.53. The third-order valence-electron chi connectivity index (χ3n) is 4.99. The van der Waals surface area contributed by atoms with Crippen LogP contribution in [-0.4, -0.2) is 25.7 Å². The van der Waals surface area contributed by atoms with Gasteiger partial charge in [-0.25, -0.2) is 9.97 Å². The van der Waals surface area contributed by atoms with Gasteiger partial charge in [0.25, 0.3) is 5.91 Å². The fraction of sp³-hybridized carbons (Fsp3) is 0.250. The Morgan fingerprint density at radius 2 is 2.03 bits per heavy atom. The number of pyridine rings is 1. The normalized spacial score (nSPS) is 14.7. The van der Waals surface area contributed by atoms with Gasteiger partial charge in [-0.1, -0.05) is 11.6 Å². The second-order valence-electron chi connectivity index (χ2n) is 7.10. The molecule has 7 nitrogen and oxygen atoms in total. The zero-order valence-corrected chi connectivity index (χ0v) is 16.6. The van der Waals surface area contributed by atoms with E-state index in [1.54, 1.807) is 12.1 Å². The number of alkyl halides is 3. The number of carbonyl (C=O) groups is 1. The van der Waals surface area contributed by atoms with Crippen molar-refractivity contribution in [2.24, 2.45) is 0 Å². The lowest BCUT2D eigenvalue weighted by Crippen LogP contribution is -2.25.